The van der Waals surface area contributed by atoms with Crippen LogP contribution in [0, 0.1) is 5.92 Å². The van der Waals surface area contributed by atoms with Crippen molar-refractivity contribution >= 4 is 0 Å². The molecule has 1 heterocycles. The van der Waals surface area contributed by atoms with E-state index in [2.05, 4.69) is 12.2 Å². The summed E-state index contributed by atoms with van der Waals surface area (Å²) in [4.78, 5) is 0. The van der Waals surface area contributed by atoms with Crippen LogP contribution in [-0.4, -0.2) is 25.3 Å². The number of rotatable bonds is 3. The first-order valence-electron chi connectivity index (χ1n) is 4.71. The minimum absolute atomic E-state index is 0.496. The van der Waals surface area contributed by atoms with Crippen LogP contribution in [0.4, 0.5) is 0 Å². The zero-order chi connectivity index (χ0) is 7.68. The second-order valence-electron chi connectivity index (χ2n) is 3.85. The standard InChI is InChI=1S/C9H17NO/c1-7-9(4-5-10-7)11-6-8-2-3-8/h7-10H,2-6H2,1H3. The van der Waals surface area contributed by atoms with Gasteiger partial charge in [0.05, 0.1) is 6.10 Å². The highest BCUT2D eigenvalue weighted by Gasteiger charge is 2.27. The summed E-state index contributed by atoms with van der Waals surface area (Å²) in [5.74, 6) is 0.905. The smallest absolute Gasteiger partial charge is 0.0737 e. The average molecular weight is 155 g/mol. The van der Waals surface area contributed by atoms with Crippen molar-refractivity contribution in [1.29, 1.82) is 0 Å². The van der Waals surface area contributed by atoms with E-state index in [9.17, 15) is 0 Å². The third kappa shape index (κ3) is 1.94. The van der Waals surface area contributed by atoms with Crippen LogP contribution in [0.1, 0.15) is 26.2 Å². The maximum absolute atomic E-state index is 5.78. The first-order valence-corrected chi connectivity index (χ1v) is 4.71. The van der Waals surface area contributed by atoms with E-state index in [-0.39, 0.29) is 0 Å². The molecule has 0 aromatic carbocycles. The first kappa shape index (κ1) is 7.56. The Hall–Kier alpha value is -0.0800. The van der Waals surface area contributed by atoms with Crippen molar-refractivity contribution in [2.24, 2.45) is 5.92 Å². The zero-order valence-electron chi connectivity index (χ0n) is 7.18. The van der Waals surface area contributed by atoms with Gasteiger partial charge < -0.3 is 10.1 Å². The molecule has 0 aromatic heterocycles. The molecule has 0 aromatic rings. The van der Waals surface area contributed by atoms with Gasteiger partial charge in [0.15, 0.2) is 0 Å². The number of nitrogens with one attached hydrogen (secondary N) is 1. The van der Waals surface area contributed by atoms with Crippen molar-refractivity contribution < 1.29 is 4.74 Å². The minimum atomic E-state index is 0.496. The van der Waals surface area contributed by atoms with Crippen molar-refractivity contribution in [3.8, 4) is 0 Å². The molecule has 11 heavy (non-hydrogen) atoms. The van der Waals surface area contributed by atoms with Gasteiger partial charge >= 0.3 is 0 Å². The summed E-state index contributed by atoms with van der Waals surface area (Å²) in [6, 6.07) is 0.578. The van der Waals surface area contributed by atoms with E-state index in [4.69, 9.17) is 4.74 Å². The normalized spacial score (nSPS) is 37.9. The maximum atomic E-state index is 5.78. The molecule has 2 aliphatic rings. The van der Waals surface area contributed by atoms with Gasteiger partial charge in [-0.15, -0.1) is 0 Å². The monoisotopic (exact) mass is 155 g/mol. The Balaban J connectivity index is 1.67. The van der Waals surface area contributed by atoms with Gasteiger partial charge in [0.2, 0.25) is 0 Å². The van der Waals surface area contributed by atoms with Crippen molar-refractivity contribution in [2.45, 2.75) is 38.3 Å². The van der Waals surface area contributed by atoms with Crippen molar-refractivity contribution in [2.75, 3.05) is 13.2 Å². The summed E-state index contributed by atoms with van der Waals surface area (Å²) in [6.45, 7) is 4.36. The van der Waals surface area contributed by atoms with Crippen molar-refractivity contribution in [3.63, 3.8) is 0 Å². The second kappa shape index (κ2) is 3.11. The van der Waals surface area contributed by atoms with Crippen LogP contribution in [0.25, 0.3) is 0 Å². The van der Waals surface area contributed by atoms with Crippen LogP contribution >= 0.6 is 0 Å². The molecular formula is C9H17NO. The van der Waals surface area contributed by atoms with Crippen LogP contribution in [0.15, 0.2) is 0 Å². The van der Waals surface area contributed by atoms with Crippen LogP contribution in [0.2, 0.25) is 0 Å². The summed E-state index contributed by atoms with van der Waals surface area (Å²) in [5, 5.41) is 3.39. The molecule has 1 N–H and O–H groups in total. The summed E-state index contributed by atoms with van der Waals surface area (Å²) in [7, 11) is 0. The average Bonchev–Trinajstić information content (AvgIpc) is 2.73. The van der Waals surface area contributed by atoms with E-state index in [0.717, 1.165) is 19.1 Å². The van der Waals surface area contributed by atoms with Gasteiger partial charge in [-0.2, -0.15) is 0 Å². The topological polar surface area (TPSA) is 21.3 Å². The number of hydrogen-bond donors (Lipinski definition) is 1. The Labute approximate surface area is 68.3 Å². The molecule has 2 atom stereocenters. The lowest BCUT2D eigenvalue weighted by molar-refractivity contribution is 0.0417. The molecule has 2 nitrogen and oxygen atoms in total. The highest BCUT2D eigenvalue weighted by Crippen LogP contribution is 2.29. The van der Waals surface area contributed by atoms with Crippen molar-refractivity contribution in [1.82, 2.24) is 5.32 Å². The molecule has 0 amide bonds. The number of hydrogen-bond acceptors (Lipinski definition) is 2. The predicted molar refractivity (Wildman–Crippen MR) is 44.5 cm³/mol. The molecule has 2 unspecified atom stereocenters. The van der Waals surface area contributed by atoms with E-state index < -0.39 is 0 Å². The molecule has 2 heteroatoms. The Morgan fingerprint density at radius 2 is 2.18 bits per heavy atom. The van der Waals surface area contributed by atoms with Gasteiger partial charge in [-0.1, -0.05) is 0 Å². The largest absolute Gasteiger partial charge is 0.376 e. The van der Waals surface area contributed by atoms with Gasteiger partial charge in [-0.3, -0.25) is 0 Å². The van der Waals surface area contributed by atoms with E-state index in [1.807, 2.05) is 0 Å². The quantitative estimate of drug-likeness (QED) is 0.660. The van der Waals surface area contributed by atoms with E-state index in [1.165, 1.54) is 19.3 Å². The van der Waals surface area contributed by atoms with Crippen LogP contribution < -0.4 is 5.32 Å². The molecule has 64 valence electrons. The fraction of sp³-hybridized carbons (Fsp3) is 1.00. The van der Waals surface area contributed by atoms with Crippen LogP contribution in [0.5, 0.6) is 0 Å². The lowest BCUT2D eigenvalue weighted by Gasteiger charge is -2.15. The first-order chi connectivity index (χ1) is 5.36. The van der Waals surface area contributed by atoms with Crippen LogP contribution in [0.3, 0.4) is 0 Å². The molecule has 1 saturated carbocycles. The van der Waals surface area contributed by atoms with Gasteiger partial charge in [0.1, 0.15) is 0 Å². The van der Waals surface area contributed by atoms with E-state index in [0.29, 0.717) is 12.1 Å². The summed E-state index contributed by atoms with van der Waals surface area (Å²) >= 11 is 0. The molecule has 1 saturated heterocycles. The second-order valence-corrected chi connectivity index (χ2v) is 3.85. The Morgan fingerprint density at radius 3 is 2.73 bits per heavy atom. The summed E-state index contributed by atoms with van der Waals surface area (Å²) in [6.07, 6.45) is 4.49. The van der Waals surface area contributed by atoms with E-state index >= 15 is 0 Å². The molecule has 2 rings (SSSR count). The lowest BCUT2D eigenvalue weighted by atomic mass is 10.2. The highest BCUT2D eigenvalue weighted by atomic mass is 16.5. The molecule has 0 radical (unpaired) electrons. The summed E-state index contributed by atoms with van der Waals surface area (Å²) < 4.78 is 5.78. The van der Waals surface area contributed by atoms with Gasteiger partial charge in [-0.25, -0.2) is 0 Å². The Bertz CT molecular complexity index is 134. The van der Waals surface area contributed by atoms with Gasteiger partial charge in [0.25, 0.3) is 0 Å². The molecule has 0 bridgehead atoms. The Kier molecular flexibility index (Phi) is 2.14. The molecule has 2 fully saturated rings. The lowest BCUT2D eigenvalue weighted by Crippen LogP contribution is -2.29. The summed E-state index contributed by atoms with van der Waals surface area (Å²) in [5.41, 5.74) is 0. The van der Waals surface area contributed by atoms with Crippen LogP contribution in [-0.2, 0) is 4.74 Å². The van der Waals surface area contributed by atoms with Gasteiger partial charge in [0, 0.05) is 12.6 Å². The molecule has 1 aliphatic heterocycles. The fourth-order valence-electron chi connectivity index (χ4n) is 1.61. The zero-order valence-corrected chi connectivity index (χ0v) is 7.18. The molecule has 0 spiro atoms. The fourth-order valence-corrected chi connectivity index (χ4v) is 1.61. The SMILES string of the molecule is CC1NCCC1OCC1CC1. The Morgan fingerprint density at radius 1 is 1.36 bits per heavy atom. The molecule has 1 aliphatic carbocycles. The highest BCUT2D eigenvalue weighted by molar-refractivity contribution is 4.82. The van der Waals surface area contributed by atoms with E-state index in [1.54, 1.807) is 0 Å². The maximum Gasteiger partial charge on any atom is 0.0737 e. The molecular weight excluding hydrogens is 138 g/mol. The third-order valence-corrected chi connectivity index (χ3v) is 2.70. The van der Waals surface area contributed by atoms with Gasteiger partial charge in [-0.05, 0) is 38.6 Å². The predicted octanol–water partition coefficient (Wildman–Crippen LogP) is 1.16. The minimum Gasteiger partial charge on any atom is -0.376 e. The van der Waals surface area contributed by atoms with Crippen molar-refractivity contribution in [3.05, 3.63) is 0 Å². The third-order valence-electron chi connectivity index (χ3n) is 2.70. The number of ether oxygens (including phenoxy) is 1.